The van der Waals surface area contributed by atoms with E-state index in [9.17, 15) is 13.6 Å². The number of pyridine rings is 1. The highest BCUT2D eigenvalue weighted by atomic mass is 32.1. The predicted molar refractivity (Wildman–Crippen MR) is 509 cm³/mol. The van der Waals surface area contributed by atoms with Gasteiger partial charge in [-0.1, -0.05) is 172 Å². The van der Waals surface area contributed by atoms with Gasteiger partial charge < -0.3 is 46.5 Å². The molecule has 0 bridgehead atoms. The number of nitrogens with zero attached hydrogens (tertiary/aromatic N) is 18. The Morgan fingerprint density at radius 3 is 1.59 bits per heavy atom. The number of benzene rings is 6. The van der Waals surface area contributed by atoms with E-state index in [-0.39, 0.29) is 23.3 Å². The van der Waals surface area contributed by atoms with E-state index in [1.165, 1.54) is 46.8 Å². The average molecular weight is 1770 g/mol. The Morgan fingerprint density at radius 2 is 1.03 bits per heavy atom. The van der Waals surface area contributed by atoms with Crippen molar-refractivity contribution in [3.63, 3.8) is 0 Å². The summed E-state index contributed by atoms with van der Waals surface area (Å²) in [7, 11) is 0.379. The van der Waals surface area contributed by atoms with Gasteiger partial charge in [-0.2, -0.15) is 5.10 Å². The SMILES string of the molecule is CCC(=O)N1CCc2nc(C(C)C)ccc21.CCOc1cc(C(C)C)ccc1-n1cnc(C)c1.CCc1ncn(-c2ccc(C(C)C)cc2)n1.COCc1ncn(-c2ccc(C(C)C)c3ncsc23)n1.Cc1cn(-c2ccc(C(C)C)c3c2CC[Si]3(C)C)cn1.Cc1cn(-c2ccc(C(C)C)c3c2OC(F)(F)O3)cn1.Cc1cn(-c2ccc(C(C)C)c3ncoc23)cn1. The Kier molecular flexibility index (Phi) is 31.0. The fourth-order valence-corrected chi connectivity index (χ4v) is 19.9. The molecule has 3 aliphatic rings. The molecular formula is C100H124F2N18O6SSi. The Labute approximate surface area is 756 Å². The number of oxazole rings is 1. The molecule has 9 aromatic heterocycles. The third kappa shape index (κ3) is 22.3. The number of aryl methyl sites for hydroxylation is 5. The number of alkyl halides is 2. The molecule has 0 spiro atoms. The highest BCUT2D eigenvalue weighted by Gasteiger charge is 2.46. The lowest BCUT2D eigenvalue weighted by atomic mass is 9.98. The molecule has 28 heteroatoms. The smallest absolute Gasteiger partial charge is 0.492 e. The molecule has 0 saturated carbocycles. The van der Waals surface area contributed by atoms with Gasteiger partial charge in [-0.15, -0.1) is 25.2 Å². The van der Waals surface area contributed by atoms with Crippen LogP contribution in [-0.2, 0) is 35.4 Å². The number of ether oxygens (including phenoxy) is 4. The fraction of sp³-hybridized carbons (Fsp3) is 0.400. The summed E-state index contributed by atoms with van der Waals surface area (Å²) < 4.78 is 65.1. The second kappa shape index (κ2) is 41.7. The summed E-state index contributed by atoms with van der Waals surface area (Å²) in [6, 6.07) is 36.8. The number of carbonyl (C=O) groups is 1. The normalized spacial score (nSPS) is 13.2. The lowest BCUT2D eigenvalue weighted by molar-refractivity contribution is -0.287. The van der Waals surface area contributed by atoms with E-state index in [2.05, 4.69) is 264 Å². The first-order valence-electron chi connectivity index (χ1n) is 44.4. The molecule has 0 radical (unpaired) electrons. The van der Waals surface area contributed by atoms with Crippen molar-refractivity contribution in [3.05, 3.63) is 263 Å². The minimum atomic E-state index is -3.63. The zero-order valence-electron chi connectivity index (χ0n) is 78.6. The Morgan fingerprint density at radius 1 is 0.516 bits per heavy atom. The summed E-state index contributed by atoms with van der Waals surface area (Å²) in [5.74, 6) is 5.90. The van der Waals surface area contributed by atoms with Gasteiger partial charge in [0.2, 0.25) is 5.91 Å². The molecular weight excluding hydrogens is 1650 g/mol. The van der Waals surface area contributed by atoms with Crippen LogP contribution in [0.25, 0.3) is 55.4 Å². The van der Waals surface area contributed by atoms with E-state index in [1.54, 1.807) is 87.6 Å². The highest BCUT2D eigenvalue weighted by Crippen LogP contribution is 2.49. The summed E-state index contributed by atoms with van der Waals surface area (Å²) in [5, 5.41) is 10.5. The average Bonchev–Trinajstić information content (AvgIpc) is 1.64. The topological polar surface area (TPSA) is 242 Å². The second-order valence-corrected chi connectivity index (χ2v) is 40.8. The summed E-state index contributed by atoms with van der Waals surface area (Å²) in [4.78, 5) is 52.4. The maximum atomic E-state index is 13.4. The standard InChI is InChI=1S/C17H24N2Si.C15H20N2O.C14H14F2N2O2.C14H16N4OS.C14H15N3O.C13H17N3.C13H18N2O/c1-12(2)14-6-7-16(19-10-13(3)18-11-19)15-8-9-20(4,5)17(14)15;1-5-18-15-8-13(11(2)3)6-7-14(15)17-9-12(4)16-10-17;1-8(2)10-4-5-11(18-6-9(3)17-7-18)13-12(10)19-14(15,16)20-13;1-9(2)10-4-5-11(14-13(10)16-8-20-14)18-7-15-12(17-18)6-19-3;1-9(2)11-4-5-12(14-13(11)16-8-18-14)17-6-10(3)15-7-17;1-4-13-14-9-16(15-13)12-7-5-11(6-8-12)10(2)3;1-4-13(16)15-8-7-11-12(15)6-5-10(14-11)9(2)3/h6-7,10-12H,8-9H2,1-5H3;6-11H,5H2,1-4H3;4-8H,1-3H3;4-5,7-9H,6H2,1-3H3;4-9H,1-3H3;5-10H,4H2,1-3H3;5-6,9H,4,7-8H2,1-3H3. The lowest BCUT2D eigenvalue weighted by Crippen LogP contribution is -2.40. The number of methoxy groups -OCH3 is 1. The van der Waals surface area contributed by atoms with Crippen molar-refractivity contribution in [2.24, 2.45) is 0 Å². The van der Waals surface area contributed by atoms with Gasteiger partial charge in [-0.3, -0.25) is 9.78 Å². The van der Waals surface area contributed by atoms with Crippen LogP contribution in [0.3, 0.4) is 0 Å². The molecule has 0 saturated heterocycles. The maximum Gasteiger partial charge on any atom is 0.586 e. The zero-order valence-corrected chi connectivity index (χ0v) is 80.4. The molecule has 128 heavy (non-hydrogen) atoms. The molecule has 0 atom stereocenters. The monoisotopic (exact) mass is 1770 g/mol. The van der Waals surface area contributed by atoms with Crippen molar-refractivity contribution >= 4 is 57.5 Å². The zero-order chi connectivity index (χ0) is 92.2. The molecule has 15 aromatic rings. The molecule has 3 aliphatic heterocycles. The third-order valence-electron chi connectivity index (χ3n) is 22.7. The van der Waals surface area contributed by atoms with E-state index in [0.29, 0.717) is 72.2 Å². The van der Waals surface area contributed by atoms with Crippen LogP contribution in [-0.4, -0.2) is 123 Å². The first kappa shape index (κ1) is 95.0. The Balaban J connectivity index is 0.000000136. The molecule has 674 valence electrons. The number of imidazole rings is 4. The van der Waals surface area contributed by atoms with Crippen molar-refractivity contribution in [2.75, 3.05) is 25.2 Å². The minimum absolute atomic E-state index is 0.0543. The number of rotatable bonds is 19. The molecule has 1 amide bonds. The van der Waals surface area contributed by atoms with Crippen LogP contribution >= 0.6 is 11.3 Å². The van der Waals surface area contributed by atoms with Crippen molar-refractivity contribution in [3.8, 4) is 51.4 Å². The Bertz CT molecular complexity index is 6240. The number of thiazole rings is 1. The summed E-state index contributed by atoms with van der Waals surface area (Å²) in [6.07, 6.45) is 19.9. The second-order valence-electron chi connectivity index (χ2n) is 35.2. The van der Waals surface area contributed by atoms with E-state index in [4.69, 9.17) is 13.9 Å². The number of anilines is 1. The first-order valence-corrected chi connectivity index (χ1v) is 48.5. The largest absolute Gasteiger partial charge is 0.586 e. The van der Waals surface area contributed by atoms with Crippen LogP contribution in [0.1, 0.15) is 250 Å². The molecule has 6 aromatic carbocycles. The first-order chi connectivity index (χ1) is 61.1. The molecule has 0 fully saturated rings. The van der Waals surface area contributed by atoms with Crippen LogP contribution in [0, 0.1) is 27.7 Å². The van der Waals surface area contributed by atoms with Crippen molar-refractivity contribution in [2.45, 2.75) is 245 Å². The molecule has 0 aliphatic carbocycles. The van der Waals surface area contributed by atoms with Crippen molar-refractivity contribution in [1.29, 1.82) is 0 Å². The number of carbonyl (C=O) groups excluding carboxylic acids is 1. The van der Waals surface area contributed by atoms with E-state index < -0.39 is 14.4 Å². The molecule has 0 N–H and O–H groups in total. The van der Waals surface area contributed by atoms with Crippen molar-refractivity contribution < 1.29 is 36.9 Å². The van der Waals surface area contributed by atoms with Gasteiger partial charge in [-0.25, -0.2) is 49.2 Å². The van der Waals surface area contributed by atoms with Gasteiger partial charge in [0.1, 0.15) is 30.5 Å². The van der Waals surface area contributed by atoms with Gasteiger partial charge >= 0.3 is 6.29 Å². The molecule has 0 unspecified atom stereocenters. The number of amides is 1. The van der Waals surface area contributed by atoms with Gasteiger partial charge in [0, 0.05) is 74.6 Å². The third-order valence-corrected chi connectivity index (χ3v) is 27.0. The minimum Gasteiger partial charge on any atom is -0.492 e. The summed E-state index contributed by atoms with van der Waals surface area (Å²) >= 11 is 1.63. The fourth-order valence-electron chi connectivity index (χ4n) is 15.8. The molecule has 18 rings (SSSR count). The lowest BCUT2D eigenvalue weighted by Gasteiger charge is -2.24. The number of halogens is 2. The predicted octanol–water partition coefficient (Wildman–Crippen LogP) is 23.2. The van der Waals surface area contributed by atoms with Crippen LogP contribution in [0.5, 0.6) is 17.2 Å². The van der Waals surface area contributed by atoms with Gasteiger partial charge in [0.15, 0.2) is 35.1 Å². The summed E-state index contributed by atoms with van der Waals surface area (Å²) in [6.45, 7) is 50.9. The van der Waals surface area contributed by atoms with E-state index >= 15 is 0 Å². The van der Waals surface area contributed by atoms with Crippen LogP contribution in [0.15, 0.2) is 182 Å². The van der Waals surface area contributed by atoms with Gasteiger partial charge in [0.25, 0.3) is 0 Å². The van der Waals surface area contributed by atoms with E-state index in [1.807, 2.05) is 110 Å². The molecule has 12 heterocycles. The van der Waals surface area contributed by atoms with Crippen LogP contribution in [0.2, 0.25) is 19.1 Å². The Hall–Kier alpha value is -12.1. The van der Waals surface area contributed by atoms with Crippen LogP contribution in [0.4, 0.5) is 14.5 Å². The van der Waals surface area contributed by atoms with Crippen molar-refractivity contribution in [1.82, 2.24) is 82.7 Å². The molecule has 24 nitrogen and oxygen atoms in total. The number of aromatic nitrogens is 17. The van der Waals surface area contributed by atoms with Gasteiger partial charge in [0.05, 0.1) is 118 Å². The number of fused-ring (bicyclic) bond motifs is 5. The van der Waals surface area contributed by atoms with Gasteiger partial charge in [-0.05, 0) is 183 Å². The quantitative estimate of drug-likeness (QED) is 0.0683. The highest BCUT2D eigenvalue weighted by molar-refractivity contribution is 7.17. The summed E-state index contributed by atoms with van der Waals surface area (Å²) in [5.41, 5.74) is 26.7. The number of hydrogen-bond acceptors (Lipinski definition) is 18. The van der Waals surface area contributed by atoms with E-state index in [0.717, 1.165) is 115 Å². The van der Waals surface area contributed by atoms with Crippen LogP contribution < -0.4 is 24.3 Å². The number of hydrogen-bond donors (Lipinski definition) is 0. The maximum absolute atomic E-state index is 13.4.